The first-order chi connectivity index (χ1) is 8.61. The second kappa shape index (κ2) is 5.11. The number of rotatable bonds is 3. The lowest BCUT2D eigenvalue weighted by molar-refractivity contribution is 0.579. The summed E-state index contributed by atoms with van der Waals surface area (Å²) >= 11 is 6.07. The fourth-order valence-electron chi connectivity index (χ4n) is 1.51. The molecule has 0 spiro atoms. The number of nitrogens with zero attached hydrogens (tertiary/aromatic N) is 2. The maximum absolute atomic E-state index is 9.02. The molecule has 0 radical (unpaired) electrons. The molecule has 0 aliphatic carbocycles. The average Bonchev–Trinajstić information content (AvgIpc) is 2.71. The summed E-state index contributed by atoms with van der Waals surface area (Å²) in [6, 6.07) is 9.38. The third kappa shape index (κ3) is 2.47. The van der Waals surface area contributed by atoms with Gasteiger partial charge in [0.1, 0.15) is 6.07 Å². The Morgan fingerprint density at radius 2 is 2.11 bits per heavy atom. The van der Waals surface area contributed by atoms with Crippen molar-refractivity contribution < 1.29 is 4.42 Å². The lowest BCUT2D eigenvalue weighted by Crippen LogP contribution is -2.09. The minimum Gasteiger partial charge on any atom is -0.419 e. The van der Waals surface area contributed by atoms with E-state index in [1.807, 2.05) is 32.0 Å². The van der Waals surface area contributed by atoms with Crippen molar-refractivity contribution in [3.8, 4) is 17.5 Å². The fraction of sp³-hybridized carbons (Fsp3) is 0.231. The van der Waals surface area contributed by atoms with E-state index >= 15 is 0 Å². The number of nitrogens with one attached hydrogen (secondary N) is 1. The molecule has 2 rings (SSSR count). The van der Waals surface area contributed by atoms with Crippen LogP contribution in [0.3, 0.4) is 0 Å². The van der Waals surface area contributed by atoms with E-state index in [2.05, 4.69) is 10.3 Å². The molecule has 1 N–H and O–H groups in total. The SMILES string of the molecule is CC(C)Nc1oc(-c2ccccc2Cl)nc1C#N. The van der Waals surface area contributed by atoms with Gasteiger partial charge in [-0.25, -0.2) is 0 Å². The fourth-order valence-corrected chi connectivity index (χ4v) is 1.72. The number of anilines is 1. The molecule has 0 bridgehead atoms. The highest BCUT2D eigenvalue weighted by atomic mass is 35.5. The van der Waals surface area contributed by atoms with Gasteiger partial charge in [0.2, 0.25) is 17.5 Å². The van der Waals surface area contributed by atoms with Crippen molar-refractivity contribution >= 4 is 17.5 Å². The zero-order valence-corrected chi connectivity index (χ0v) is 10.8. The Morgan fingerprint density at radius 1 is 1.39 bits per heavy atom. The van der Waals surface area contributed by atoms with Gasteiger partial charge in [-0.15, -0.1) is 0 Å². The summed E-state index contributed by atoms with van der Waals surface area (Å²) in [5, 5.41) is 12.6. The molecule has 92 valence electrons. The summed E-state index contributed by atoms with van der Waals surface area (Å²) in [7, 11) is 0. The highest BCUT2D eigenvalue weighted by Crippen LogP contribution is 2.30. The van der Waals surface area contributed by atoms with Crippen molar-refractivity contribution in [2.75, 3.05) is 5.32 Å². The standard InChI is InChI=1S/C13H12ClN3O/c1-8(2)16-13-11(7-15)17-12(18-13)9-5-3-4-6-10(9)14/h3-6,8,16H,1-2H3. The Hall–Kier alpha value is -1.99. The molecule has 18 heavy (non-hydrogen) atoms. The summed E-state index contributed by atoms with van der Waals surface area (Å²) < 4.78 is 5.55. The van der Waals surface area contributed by atoms with Crippen LogP contribution < -0.4 is 5.32 Å². The topological polar surface area (TPSA) is 61.9 Å². The van der Waals surface area contributed by atoms with E-state index in [1.165, 1.54) is 0 Å². The number of aromatic nitrogens is 1. The van der Waals surface area contributed by atoms with Gasteiger partial charge in [0.15, 0.2) is 0 Å². The van der Waals surface area contributed by atoms with Gasteiger partial charge < -0.3 is 9.73 Å². The first kappa shape index (κ1) is 12.5. The maximum Gasteiger partial charge on any atom is 0.232 e. The van der Waals surface area contributed by atoms with Gasteiger partial charge in [-0.3, -0.25) is 0 Å². The summed E-state index contributed by atoms with van der Waals surface area (Å²) in [5.74, 6) is 0.725. The Bertz CT molecular complexity index is 599. The van der Waals surface area contributed by atoms with Gasteiger partial charge in [-0.05, 0) is 26.0 Å². The van der Waals surface area contributed by atoms with Gasteiger partial charge >= 0.3 is 0 Å². The van der Waals surface area contributed by atoms with Crippen molar-refractivity contribution in [3.05, 3.63) is 35.0 Å². The van der Waals surface area contributed by atoms with E-state index in [1.54, 1.807) is 12.1 Å². The summed E-state index contributed by atoms with van der Waals surface area (Å²) in [5.41, 5.74) is 0.908. The lowest BCUT2D eigenvalue weighted by atomic mass is 10.2. The molecule has 1 aromatic heterocycles. The largest absolute Gasteiger partial charge is 0.419 e. The van der Waals surface area contributed by atoms with E-state index in [9.17, 15) is 0 Å². The highest BCUT2D eigenvalue weighted by Gasteiger charge is 2.16. The molecule has 1 heterocycles. The smallest absolute Gasteiger partial charge is 0.232 e. The van der Waals surface area contributed by atoms with Crippen LogP contribution in [0.2, 0.25) is 5.02 Å². The van der Waals surface area contributed by atoms with Crippen molar-refractivity contribution in [1.82, 2.24) is 4.98 Å². The Balaban J connectivity index is 2.45. The van der Waals surface area contributed by atoms with E-state index in [-0.39, 0.29) is 11.7 Å². The Morgan fingerprint density at radius 3 is 2.72 bits per heavy atom. The summed E-state index contributed by atoms with van der Waals surface area (Å²) in [6.45, 7) is 3.91. The molecule has 0 saturated heterocycles. The lowest BCUT2D eigenvalue weighted by Gasteiger charge is -2.05. The first-order valence-electron chi connectivity index (χ1n) is 5.54. The van der Waals surface area contributed by atoms with Crippen molar-refractivity contribution in [2.45, 2.75) is 19.9 Å². The molecule has 0 aliphatic rings. The van der Waals surface area contributed by atoms with E-state index < -0.39 is 0 Å². The first-order valence-corrected chi connectivity index (χ1v) is 5.92. The average molecular weight is 262 g/mol. The zero-order valence-electron chi connectivity index (χ0n) is 10.1. The van der Waals surface area contributed by atoms with Crippen LogP contribution >= 0.6 is 11.6 Å². The number of nitriles is 1. The van der Waals surface area contributed by atoms with Gasteiger partial charge in [0, 0.05) is 6.04 Å². The molecule has 1 aromatic carbocycles. The third-order valence-electron chi connectivity index (χ3n) is 2.26. The number of benzene rings is 1. The number of halogens is 1. The zero-order chi connectivity index (χ0) is 13.1. The molecule has 4 nitrogen and oxygen atoms in total. The molecule has 0 aliphatic heterocycles. The predicted octanol–water partition coefficient (Wildman–Crippen LogP) is 3.69. The molecule has 0 atom stereocenters. The molecule has 0 saturated carbocycles. The molecule has 0 unspecified atom stereocenters. The minimum atomic E-state index is 0.157. The summed E-state index contributed by atoms with van der Waals surface area (Å²) in [4.78, 5) is 4.14. The van der Waals surface area contributed by atoms with Crippen LogP contribution in [0.15, 0.2) is 28.7 Å². The van der Waals surface area contributed by atoms with E-state index in [0.717, 1.165) is 0 Å². The number of oxazole rings is 1. The summed E-state index contributed by atoms with van der Waals surface area (Å²) in [6.07, 6.45) is 0. The Kier molecular flexibility index (Phi) is 3.54. The number of hydrogen-bond acceptors (Lipinski definition) is 4. The molecule has 0 fully saturated rings. The molecule has 0 amide bonds. The van der Waals surface area contributed by atoms with Crippen molar-refractivity contribution in [2.24, 2.45) is 0 Å². The molecule has 5 heteroatoms. The van der Waals surface area contributed by atoms with Crippen LogP contribution in [0, 0.1) is 11.3 Å². The van der Waals surface area contributed by atoms with E-state index in [0.29, 0.717) is 22.4 Å². The van der Waals surface area contributed by atoms with Crippen LogP contribution in [0.5, 0.6) is 0 Å². The Labute approximate surface area is 110 Å². The van der Waals surface area contributed by atoms with Crippen molar-refractivity contribution in [1.29, 1.82) is 5.26 Å². The predicted molar refractivity (Wildman–Crippen MR) is 70.4 cm³/mol. The highest BCUT2D eigenvalue weighted by molar-refractivity contribution is 6.33. The quantitative estimate of drug-likeness (QED) is 0.915. The van der Waals surface area contributed by atoms with Crippen LogP contribution in [-0.4, -0.2) is 11.0 Å². The third-order valence-corrected chi connectivity index (χ3v) is 2.59. The second-order valence-electron chi connectivity index (χ2n) is 4.09. The number of hydrogen-bond donors (Lipinski definition) is 1. The van der Waals surface area contributed by atoms with Crippen LogP contribution in [0.4, 0.5) is 5.88 Å². The second-order valence-corrected chi connectivity index (χ2v) is 4.49. The molecular weight excluding hydrogens is 250 g/mol. The monoisotopic (exact) mass is 261 g/mol. The van der Waals surface area contributed by atoms with Gasteiger partial charge in [0.25, 0.3) is 0 Å². The maximum atomic E-state index is 9.02. The van der Waals surface area contributed by atoms with Gasteiger partial charge in [-0.1, -0.05) is 23.7 Å². The van der Waals surface area contributed by atoms with Gasteiger partial charge in [0.05, 0.1) is 10.6 Å². The molecule has 2 aromatic rings. The van der Waals surface area contributed by atoms with Crippen molar-refractivity contribution in [3.63, 3.8) is 0 Å². The molecular formula is C13H12ClN3O. The van der Waals surface area contributed by atoms with Gasteiger partial charge in [-0.2, -0.15) is 10.2 Å². The van der Waals surface area contributed by atoms with Crippen LogP contribution in [-0.2, 0) is 0 Å². The van der Waals surface area contributed by atoms with Crippen LogP contribution in [0.1, 0.15) is 19.5 Å². The normalized spacial score (nSPS) is 10.4. The minimum absolute atomic E-state index is 0.157. The van der Waals surface area contributed by atoms with Crippen LogP contribution in [0.25, 0.3) is 11.5 Å². The van der Waals surface area contributed by atoms with E-state index in [4.69, 9.17) is 21.3 Å².